The lowest BCUT2D eigenvalue weighted by Crippen LogP contribution is -1.83. The van der Waals surface area contributed by atoms with E-state index in [-0.39, 0.29) is 0 Å². The van der Waals surface area contributed by atoms with Crippen LogP contribution in [0, 0.1) is 0 Å². The Morgan fingerprint density at radius 3 is 2.81 bits per heavy atom. The van der Waals surface area contributed by atoms with Crippen LogP contribution in [-0.4, -0.2) is 17.1 Å². The average molecular weight is 353 g/mol. The number of nitrogens with zero attached hydrogens (tertiary/aromatic N) is 2. The molecule has 0 amide bonds. The van der Waals surface area contributed by atoms with Gasteiger partial charge in [0.1, 0.15) is 16.1 Å². The van der Waals surface area contributed by atoms with E-state index in [0.29, 0.717) is 0 Å². The number of rotatable bonds is 6. The molecule has 2 aromatic heterocycles. The average Bonchev–Trinajstić information content (AvgIpc) is 2.95. The summed E-state index contributed by atoms with van der Waals surface area (Å²) >= 11 is 1.64. The zero-order valence-corrected chi connectivity index (χ0v) is 14.5. The molecular weight excluding hydrogens is 340 g/mol. The first kappa shape index (κ1) is 15.0. The number of ether oxygens (including phenoxy) is 1. The monoisotopic (exact) mass is 352 g/mol. The lowest BCUT2D eigenvalue weighted by molar-refractivity contribution is 0.414. The van der Waals surface area contributed by atoms with Crippen molar-refractivity contribution in [2.45, 2.75) is 10.1 Å². The van der Waals surface area contributed by atoms with Crippen molar-refractivity contribution in [2.24, 2.45) is 0 Å². The summed E-state index contributed by atoms with van der Waals surface area (Å²) < 4.78 is 6.20. The van der Waals surface area contributed by atoms with E-state index in [1.807, 2.05) is 35.1 Å². The molecule has 0 aliphatic heterocycles. The molecule has 0 fully saturated rings. The van der Waals surface area contributed by atoms with Crippen molar-refractivity contribution in [1.82, 2.24) is 9.97 Å². The highest BCUT2D eigenvalue weighted by molar-refractivity contribution is 9.09. The maximum absolute atomic E-state index is 5.15. The summed E-state index contributed by atoms with van der Waals surface area (Å²) in [6.07, 6.45) is 1.81. The van der Waals surface area contributed by atoms with Crippen LogP contribution in [0.15, 0.2) is 46.9 Å². The Balaban J connectivity index is 1.49. The zero-order chi connectivity index (χ0) is 14.5. The number of aromatic nitrogens is 2. The predicted octanol–water partition coefficient (Wildman–Crippen LogP) is 5.29. The Morgan fingerprint density at radius 2 is 2.05 bits per heavy atom. The van der Waals surface area contributed by atoms with Gasteiger partial charge in [-0.25, -0.2) is 9.97 Å². The molecule has 0 saturated carbocycles. The van der Waals surface area contributed by atoms with Gasteiger partial charge in [-0.2, -0.15) is 0 Å². The first-order valence-electron chi connectivity index (χ1n) is 6.16. The van der Waals surface area contributed by atoms with E-state index in [1.54, 1.807) is 45.3 Å². The standard InChI is InChI=1S/C14H12N2OS4/c1-17-11-6-4-10(5-7-11)9-18-21-20-14-16-12-3-2-8-15-13(12)19-14/h2-8H,9H2,1H3. The normalized spacial score (nSPS) is 10.9. The third-order valence-electron chi connectivity index (χ3n) is 2.68. The third-order valence-corrected chi connectivity index (χ3v) is 7.92. The van der Waals surface area contributed by atoms with E-state index in [0.717, 1.165) is 26.2 Å². The van der Waals surface area contributed by atoms with Crippen molar-refractivity contribution >= 4 is 53.1 Å². The summed E-state index contributed by atoms with van der Waals surface area (Å²) in [5.74, 6) is 1.86. The van der Waals surface area contributed by atoms with Crippen LogP contribution in [0.2, 0.25) is 0 Å². The minimum absolute atomic E-state index is 0.896. The smallest absolute Gasteiger partial charge is 0.164 e. The minimum Gasteiger partial charge on any atom is -0.497 e. The molecule has 1 aromatic carbocycles. The molecule has 0 saturated heterocycles. The van der Waals surface area contributed by atoms with Crippen LogP contribution in [-0.2, 0) is 5.75 Å². The van der Waals surface area contributed by atoms with Gasteiger partial charge in [0.05, 0.1) is 7.11 Å². The van der Waals surface area contributed by atoms with E-state index >= 15 is 0 Å². The Hall–Kier alpha value is -0.890. The van der Waals surface area contributed by atoms with E-state index in [4.69, 9.17) is 4.74 Å². The quantitative estimate of drug-likeness (QED) is 0.443. The summed E-state index contributed by atoms with van der Waals surface area (Å²) in [6.45, 7) is 0. The van der Waals surface area contributed by atoms with Crippen LogP contribution < -0.4 is 4.74 Å². The molecule has 0 atom stereocenters. The molecule has 0 radical (unpaired) electrons. The lowest BCUT2D eigenvalue weighted by Gasteiger charge is -2.02. The van der Waals surface area contributed by atoms with Crippen molar-refractivity contribution in [3.63, 3.8) is 0 Å². The third kappa shape index (κ3) is 4.06. The van der Waals surface area contributed by atoms with E-state index in [1.165, 1.54) is 5.56 Å². The van der Waals surface area contributed by atoms with Crippen molar-refractivity contribution in [1.29, 1.82) is 0 Å². The van der Waals surface area contributed by atoms with E-state index < -0.39 is 0 Å². The molecular formula is C14H12N2OS4. The summed E-state index contributed by atoms with van der Waals surface area (Å²) in [5, 5.41) is 0. The zero-order valence-electron chi connectivity index (χ0n) is 11.2. The molecule has 7 heteroatoms. The maximum atomic E-state index is 5.15. The van der Waals surface area contributed by atoms with Gasteiger partial charge in [-0.15, -0.1) is 0 Å². The first-order chi connectivity index (χ1) is 10.3. The summed E-state index contributed by atoms with van der Waals surface area (Å²) in [4.78, 5) is 9.86. The molecule has 0 N–H and O–H groups in total. The van der Waals surface area contributed by atoms with Crippen molar-refractivity contribution in [3.8, 4) is 5.75 Å². The van der Waals surface area contributed by atoms with Crippen LogP contribution in [0.3, 0.4) is 0 Å². The number of hydrogen-bond donors (Lipinski definition) is 0. The van der Waals surface area contributed by atoms with Gasteiger partial charge in [-0.1, -0.05) is 34.3 Å². The highest BCUT2D eigenvalue weighted by Crippen LogP contribution is 2.43. The van der Waals surface area contributed by atoms with Crippen molar-refractivity contribution in [3.05, 3.63) is 48.2 Å². The first-order valence-corrected chi connectivity index (χ1v) is 10.6. The van der Waals surface area contributed by atoms with Crippen LogP contribution >= 0.6 is 42.8 Å². The largest absolute Gasteiger partial charge is 0.497 e. The van der Waals surface area contributed by atoms with Gasteiger partial charge in [0.25, 0.3) is 0 Å². The molecule has 3 nitrogen and oxygen atoms in total. The van der Waals surface area contributed by atoms with Crippen LogP contribution in [0.4, 0.5) is 0 Å². The lowest BCUT2D eigenvalue weighted by atomic mass is 10.2. The highest BCUT2D eigenvalue weighted by atomic mass is 33.5. The SMILES string of the molecule is COc1ccc(CSSSc2nc3cccnc3s2)cc1. The number of hydrogen-bond acceptors (Lipinski definition) is 7. The fourth-order valence-corrected chi connectivity index (χ4v) is 6.71. The van der Waals surface area contributed by atoms with E-state index in [2.05, 4.69) is 22.1 Å². The minimum atomic E-state index is 0.896. The summed E-state index contributed by atoms with van der Waals surface area (Å²) in [5.41, 5.74) is 2.27. The van der Waals surface area contributed by atoms with Gasteiger partial charge >= 0.3 is 0 Å². The number of methoxy groups -OCH3 is 1. The van der Waals surface area contributed by atoms with Gasteiger partial charge in [-0.3, -0.25) is 0 Å². The molecule has 3 rings (SSSR count). The fraction of sp³-hybridized carbons (Fsp3) is 0.143. The second-order valence-corrected chi connectivity index (χ2v) is 9.36. The Bertz CT molecular complexity index is 681. The molecule has 2 heterocycles. The molecule has 0 unspecified atom stereocenters. The number of fused-ring (bicyclic) bond motifs is 1. The van der Waals surface area contributed by atoms with E-state index in [9.17, 15) is 0 Å². The van der Waals surface area contributed by atoms with Gasteiger partial charge < -0.3 is 4.74 Å². The molecule has 21 heavy (non-hydrogen) atoms. The Labute approximate surface area is 138 Å². The van der Waals surface area contributed by atoms with Crippen LogP contribution in [0.25, 0.3) is 10.3 Å². The second kappa shape index (κ2) is 7.40. The van der Waals surface area contributed by atoms with Gasteiger partial charge in [0.2, 0.25) is 0 Å². The molecule has 0 spiro atoms. The van der Waals surface area contributed by atoms with Gasteiger partial charge in [0.15, 0.2) is 4.34 Å². The molecule has 108 valence electrons. The number of benzene rings is 1. The number of thiazole rings is 1. The predicted molar refractivity (Wildman–Crippen MR) is 95.2 cm³/mol. The molecule has 3 aromatic rings. The molecule has 0 aliphatic rings. The van der Waals surface area contributed by atoms with Crippen LogP contribution in [0.1, 0.15) is 5.56 Å². The van der Waals surface area contributed by atoms with Crippen molar-refractivity contribution < 1.29 is 4.74 Å². The highest BCUT2D eigenvalue weighted by Gasteiger charge is 2.05. The topological polar surface area (TPSA) is 35.0 Å². The summed E-state index contributed by atoms with van der Waals surface area (Å²) in [7, 11) is 6.94. The maximum Gasteiger partial charge on any atom is 0.164 e. The van der Waals surface area contributed by atoms with Crippen molar-refractivity contribution in [2.75, 3.05) is 7.11 Å². The Kier molecular flexibility index (Phi) is 5.29. The van der Waals surface area contributed by atoms with Crippen LogP contribution in [0.5, 0.6) is 5.75 Å². The summed E-state index contributed by atoms with van der Waals surface area (Å²) in [6, 6.07) is 12.1. The molecule has 0 aliphatic carbocycles. The van der Waals surface area contributed by atoms with Gasteiger partial charge in [-0.05, 0) is 50.4 Å². The molecule has 0 bridgehead atoms. The fourth-order valence-electron chi connectivity index (χ4n) is 1.65. The number of pyridine rings is 1. The van der Waals surface area contributed by atoms with Gasteiger partial charge in [0, 0.05) is 11.9 Å². The Morgan fingerprint density at radius 1 is 1.19 bits per heavy atom. The second-order valence-electron chi connectivity index (χ2n) is 4.07.